The molecule has 0 saturated heterocycles. The standard InChI is InChI=1S/C15H20N4O/c1-4-15(2,3)18-14(20)13-9-12(19-16)10-7-5-6-8-11(10)17-13/h5-9H,4,16H2,1-3H3,(H,17,19)(H,18,20). The third-order valence-corrected chi connectivity index (χ3v) is 3.44. The van der Waals surface area contributed by atoms with E-state index in [4.69, 9.17) is 5.84 Å². The van der Waals surface area contributed by atoms with E-state index in [-0.39, 0.29) is 11.4 Å². The number of nitrogens with one attached hydrogen (secondary N) is 2. The van der Waals surface area contributed by atoms with E-state index in [1.54, 1.807) is 6.07 Å². The lowest BCUT2D eigenvalue weighted by atomic mass is 10.0. The third-order valence-electron chi connectivity index (χ3n) is 3.44. The van der Waals surface area contributed by atoms with Crippen molar-refractivity contribution in [2.24, 2.45) is 5.84 Å². The Bertz CT molecular complexity index is 637. The quantitative estimate of drug-likeness (QED) is 0.590. The van der Waals surface area contributed by atoms with Gasteiger partial charge in [-0.3, -0.25) is 10.6 Å². The number of aromatic nitrogens is 1. The molecule has 20 heavy (non-hydrogen) atoms. The van der Waals surface area contributed by atoms with Gasteiger partial charge in [-0.2, -0.15) is 0 Å². The Morgan fingerprint density at radius 1 is 1.35 bits per heavy atom. The van der Waals surface area contributed by atoms with Gasteiger partial charge in [-0.15, -0.1) is 0 Å². The number of carbonyl (C=O) groups is 1. The Morgan fingerprint density at radius 2 is 2.05 bits per heavy atom. The van der Waals surface area contributed by atoms with Crippen LogP contribution in [0.4, 0.5) is 5.69 Å². The van der Waals surface area contributed by atoms with Crippen molar-refractivity contribution in [1.82, 2.24) is 10.3 Å². The lowest BCUT2D eigenvalue weighted by molar-refractivity contribution is 0.0906. The summed E-state index contributed by atoms with van der Waals surface area (Å²) in [5.74, 6) is 5.33. The minimum atomic E-state index is -0.263. The van der Waals surface area contributed by atoms with E-state index in [0.29, 0.717) is 11.4 Å². The highest BCUT2D eigenvalue weighted by atomic mass is 16.2. The molecular weight excluding hydrogens is 252 g/mol. The van der Waals surface area contributed by atoms with E-state index in [1.807, 2.05) is 45.0 Å². The second kappa shape index (κ2) is 5.46. The van der Waals surface area contributed by atoms with Gasteiger partial charge in [0.25, 0.3) is 5.91 Å². The van der Waals surface area contributed by atoms with E-state index in [9.17, 15) is 4.79 Å². The van der Waals surface area contributed by atoms with Gasteiger partial charge in [-0.25, -0.2) is 4.98 Å². The number of rotatable bonds is 4. The lowest BCUT2D eigenvalue weighted by Gasteiger charge is -2.24. The number of pyridine rings is 1. The summed E-state index contributed by atoms with van der Waals surface area (Å²) in [7, 11) is 0. The minimum Gasteiger partial charge on any atom is -0.346 e. The molecule has 2 rings (SSSR count). The van der Waals surface area contributed by atoms with Gasteiger partial charge in [0.05, 0.1) is 11.2 Å². The molecule has 1 heterocycles. The van der Waals surface area contributed by atoms with Crippen LogP contribution in [0.2, 0.25) is 0 Å². The first-order valence-corrected chi connectivity index (χ1v) is 6.66. The Hall–Kier alpha value is -2.14. The van der Waals surface area contributed by atoms with Crippen LogP contribution in [-0.2, 0) is 0 Å². The molecule has 5 nitrogen and oxygen atoms in total. The Balaban J connectivity index is 2.42. The van der Waals surface area contributed by atoms with Gasteiger partial charge in [0.15, 0.2) is 0 Å². The number of hydrogen-bond donors (Lipinski definition) is 3. The molecule has 0 unspecified atom stereocenters. The topological polar surface area (TPSA) is 80.0 Å². The summed E-state index contributed by atoms with van der Waals surface area (Å²) >= 11 is 0. The van der Waals surface area contributed by atoms with Gasteiger partial charge >= 0.3 is 0 Å². The van der Waals surface area contributed by atoms with E-state index in [0.717, 1.165) is 17.3 Å². The molecule has 0 radical (unpaired) electrons. The molecule has 0 bridgehead atoms. The maximum atomic E-state index is 12.3. The highest BCUT2D eigenvalue weighted by molar-refractivity contribution is 5.99. The molecule has 0 aliphatic carbocycles. The normalized spacial score (nSPS) is 11.4. The molecule has 1 aromatic heterocycles. The van der Waals surface area contributed by atoms with Crippen LogP contribution >= 0.6 is 0 Å². The summed E-state index contributed by atoms with van der Waals surface area (Å²) in [6, 6.07) is 9.23. The largest absolute Gasteiger partial charge is 0.346 e. The molecule has 1 aromatic carbocycles. The molecular formula is C15H20N4O. The lowest BCUT2D eigenvalue weighted by Crippen LogP contribution is -2.43. The number of nitrogens with zero attached hydrogens (tertiary/aromatic N) is 1. The van der Waals surface area contributed by atoms with Crippen molar-refractivity contribution in [2.45, 2.75) is 32.7 Å². The van der Waals surface area contributed by atoms with Crippen LogP contribution < -0.4 is 16.6 Å². The van der Waals surface area contributed by atoms with Crippen molar-refractivity contribution in [3.8, 4) is 0 Å². The number of nitrogen functional groups attached to an aromatic ring is 1. The van der Waals surface area contributed by atoms with Crippen molar-refractivity contribution in [3.63, 3.8) is 0 Å². The van der Waals surface area contributed by atoms with Crippen molar-refractivity contribution >= 4 is 22.5 Å². The number of fused-ring (bicyclic) bond motifs is 1. The van der Waals surface area contributed by atoms with E-state index in [1.165, 1.54) is 0 Å². The predicted molar refractivity (Wildman–Crippen MR) is 81.4 cm³/mol. The summed E-state index contributed by atoms with van der Waals surface area (Å²) in [5.41, 5.74) is 4.15. The van der Waals surface area contributed by atoms with Gasteiger partial charge < -0.3 is 10.7 Å². The number of nitrogens with two attached hydrogens (primary N) is 1. The number of benzene rings is 1. The second-order valence-corrected chi connectivity index (χ2v) is 5.41. The Kier molecular flexibility index (Phi) is 3.90. The van der Waals surface area contributed by atoms with Gasteiger partial charge in [-0.05, 0) is 32.4 Å². The Labute approximate surface area is 118 Å². The SMILES string of the molecule is CCC(C)(C)NC(=O)c1cc(NN)c2ccccc2n1. The fourth-order valence-corrected chi connectivity index (χ4v) is 1.87. The number of para-hydroxylation sites is 1. The maximum Gasteiger partial charge on any atom is 0.270 e. The summed E-state index contributed by atoms with van der Waals surface area (Å²) in [4.78, 5) is 16.7. The molecule has 0 saturated carbocycles. The fourth-order valence-electron chi connectivity index (χ4n) is 1.87. The number of anilines is 1. The number of hydrazine groups is 1. The number of carbonyl (C=O) groups excluding carboxylic acids is 1. The first-order chi connectivity index (χ1) is 9.46. The average Bonchev–Trinajstić information content (AvgIpc) is 2.45. The molecule has 0 aliphatic heterocycles. The molecule has 0 atom stereocenters. The average molecular weight is 272 g/mol. The molecule has 4 N–H and O–H groups in total. The van der Waals surface area contributed by atoms with Crippen LogP contribution in [-0.4, -0.2) is 16.4 Å². The van der Waals surface area contributed by atoms with Crippen LogP contribution in [0.1, 0.15) is 37.7 Å². The van der Waals surface area contributed by atoms with Gasteiger partial charge in [0.1, 0.15) is 5.69 Å². The highest BCUT2D eigenvalue weighted by Crippen LogP contribution is 2.22. The van der Waals surface area contributed by atoms with Crippen LogP contribution in [0.15, 0.2) is 30.3 Å². The van der Waals surface area contributed by atoms with Crippen LogP contribution in [0, 0.1) is 0 Å². The molecule has 0 spiro atoms. The van der Waals surface area contributed by atoms with E-state index >= 15 is 0 Å². The van der Waals surface area contributed by atoms with Gasteiger partial charge in [0.2, 0.25) is 0 Å². The van der Waals surface area contributed by atoms with E-state index in [2.05, 4.69) is 15.7 Å². The molecule has 2 aromatic rings. The molecule has 0 fully saturated rings. The van der Waals surface area contributed by atoms with Crippen molar-refractivity contribution in [3.05, 3.63) is 36.0 Å². The van der Waals surface area contributed by atoms with Crippen molar-refractivity contribution < 1.29 is 4.79 Å². The summed E-state index contributed by atoms with van der Waals surface area (Å²) in [6.45, 7) is 5.99. The van der Waals surface area contributed by atoms with E-state index < -0.39 is 0 Å². The first kappa shape index (κ1) is 14.3. The monoisotopic (exact) mass is 272 g/mol. The summed E-state index contributed by atoms with van der Waals surface area (Å²) < 4.78 is 0. The van der Waals surface area contributed by atoms with Gasteiger partial charge in [-0.1, -0.05) is 25.1 Å². The molecule has 1 amide bonds. The fraction of sp³-hybridized carbons (Fsp3) is 0.333. The van der Waals surface area contributed by atoms with Crippen molar-refractivity contribution in [1.29, 1.82) is 0 Å². The maximum absolute atomic E-state index is 12.3. The van der Waals surface area contributed by atoms with Crippen LogP contribution in [0.3, 0.4) is 0 Å². The zero-order chi connectivity index (χ0) is 14.8. The zero-order valence-electron chi connectivity index (χ0n) is 12.0. The zero-order valence-corrected chi connectivity index (χ0v) is 12.0. The second-order valence-electron chi connectivity index (χ2n) is 5.41. The first-order valence-electron chi connectivity index (χ1n) is 6.66. The predicted octanol–water partition coefficient (Wildman–Crippen LogP) is 2.44. The smallest absolute Gasteiger partial charge is 0.270 e. The summed E-state index contributed by atoms with van der Waals surface area (Å²) in [5, 5.41) is 3.86. The minimum absolute atomic E-state index is 0.195. The van der Waals surface area contributed by atoms with Crippen molar-refractivity contribution in [2.75, 3.05) is 5.43 Å². The van der Waals surface area contributed by atoms with Crippen LogP contribution in [0.5, 0.6) is 0 Å². The number of hydrogen-bond acceptors (Lipinski definition) is 4. The molecule has 0 aliphatic rings. The number of amides is 1. The summed E-state index contributed by atoms with van der Waals surface area (Å²) in [6.07, 6.45) is 0.842. The third kappa shape index (κ3) is 2.88. The Morgan fingerprint density at radius 3 is 2.70 bits per heavy atom. The van der Waals surface area contributed by atoms with Crippen LogP contribution in [0.25, 0.3) is 10.9 Å². The molecule has 5 heteroatoms. The van der Waals surface area contributed by atoms with Gasteiger partial charge in [0, 0.05) is 10.9 Å². The molecule has 106 valence electrons. The highest BCUT2D eigenvalue weighted by Gasteiger charge is 2.20.